The number of carbonyl (C=O) groups excluding carboxylic acids is 1. The topological polar surface area (TPSA) is 59.8 Å². The van der Waals surface area contributed by atoms with E-state index in [4.69, 9.17) is 5.10 Å². The van der Waals surface area contributed by atoms with E-state index < -0.39 is 17.8 Å². The van der Waals surface area contributed by atoms with Crippen LogP contribution >= 0.6 is 11.8 Å². The number of anilines is 1. The second-order valence-electron chi connectivity index (χ2n) is 8.89. The first-order valence-corrected chi connectivity index (χ1v) is 12.3. The van der Waals surface area contributed by atoms with Crippen LogP contribution in [0.2, 0.25) is 0 Å². The molecule has 1 fully saturated rings. The SMILES string of the molecule is CSc1cc2nn([C@H]3CC[C@H](C(C)C)CC3)cc2cc1NC(=O)c1cccc(C(F)(F)F)n1. The van der Waals surface area contributed by atoms with Gasteiger partial charge in [-0.2, -0.15) is 18.3 Å². The summed E-state index contributed by atoms with van der Waals surface area (Å²) in [6.07, 6.45) is 3.85. The highest BCUT2D eigenvalue weighted by molar-refractivity contribution is 7.98. The number of aromatic nitrogens is 3. The van der Waals surface area contributed by atoms with E-state index in [0.717, 1.165) is 40.6 Å². The molecule has 3 aromatic rings. The van der Waals surface area contributed by atoms with Gasteiger partial charge in [0.1, 0.15) is 11.4 Å². The third kappa shape index (κ3) is 5.18. The summed E-state index contributed by atoms with van der Waals surface area (Å²) in [6.45, 7) is 4.56. The van der Waals surface area contributed by atoms with Crippen LogP contribution in [0.15, 0.2) is 41.4 Å². The second kappa shape index (κ2) is 9.37. The van der Waals surface area contributed by atoms with Gasteiger partial charge < -0.3 is 5.32 Å². The van der Waals surface area contributed by atoms with Gasteiger partial charge in [-0.05, 0) is 68.0 Å². The van der Waals surface area contributed by atoms with Gasteiger partial charge in [0, 0.05) is 16.5 Å². The first-order chi connectivity index (χ1) is 15.7. The number of thioether (sulfide) groups is 1. The molecule has 5 nitrogen and oxygen atoms in total. The summed E-state index contributed by atoms with van der Waals surface area (Å²) in [6, 6.07) is 7.40. The zero-order valence-electron chi connectivity index (χ0n) is 18.8. The molecule has 0 radical (unpaired) electrons. The predicted molar refractivity (Wildman–Crippen MR) is 125 cm³/mol. The van der Waals surface area contributed by atoms with Gasteiger partial charge in [-0.3, -0.25) is 9.48 Å². The average Bonchev–Trinajstić information content (AvgIpc) is 3.21. The molecule has 0 saturated heterocycles. The van der Waals surface area contributed by atoms with Crippen LogP contribution in [0.4, 0.5) is 18.9 Å². The summed E-state index contributed by atoms with van der Waals surface area (Å²) in [5.41, 5.74) is -0.0125. The summed E-state index contributed by atoms with van der Waals surface area (Å²) in [5.74, 6) is 0.778. The van der Waals surface area contributed by atoms with Gasteiger partial charge in [-0.15, -0.1) is 11.8 Å². The molecule has 1 aromatic carbocycles. The van der Waals surface area contributed by atoms with Crippen LogP contribution in [-0.2, 0) is 6.18 Å². The Labute approximate surface area is 195 Å². The fourth-order valence-electron chi connectivity index (χ4n) is 4.46. The number of carbonyl (C=O) groups is 1. The highest BCUT2D eigenvalue weighted by Gasteiger charge is 2.33. The molecule has 33 heavy (non-hydrogen) atoms. The van der Waals surface area contributed by atoms with Gasteiger partial charge in [-0.1, -0.05) is 19.9 Å². The van der Waals surface area contributed by atoms with Crippen molar-refractivity contribution in [3.8, 4) is 0 Å². The van der Waals surface area contributed by atoms with Gasteiger partial charge in [-0.25, -0.2) is 4.98 Å². The number of rotatable bonds is 5. The lowest BCUT2D eigenvalue weighted by atomic mass is 9.80. The molecule has 1 aliphatic rings. The van der Waals surface area contributed by atoms with E-state index in [2.05, 4.69) is 24.1 Å². The number of fused-ring (bicyclic) bond motifs is 1. The molecule has 2 aromatic heterocycles. The minimum atomic E-state index is -4.61. The molecule has 1 saturated carbocycles. The number of hydrogen-bond acceptors (Lipinski definition) is 4. The third-order valence-electron chi connectivity index (χ3n) is 6.42. The molecule has 9 heteroatoms. The van der Waals surface area contributed by atoms with Crippen molar-refractivity contribution in [2.45, 2.75) is 56.6 Å². The van der Waals surface area contributed by atoms with Crippen LogP contribution in [0.3, 0.4) is 0 Å². The Kier molecular flexibility index (Phi) is 6.70. The molecule has 0 unspecified atom stereocenters. The first kappa shape index (κ1) is 23.6. The van der Waals surface area contributed by atoms with E-state index in [1.54, 1.807) is 0 Å². The number of pyridine rings is 1. The van der Waals surface area contributed by atoms with Gasteiger partial charge in [0.05, 0.1) is 17.2 Å². The summed E-state index contributed by atoms with van der Waals surface area (Å²) < 4.78 is 40.9. The van der Waals surface area contributed by atoms with Crippen molar-refractivity contribution < 1.29 is 18.0 Å². The van der Waals surface area contributed by atoms with Gasteiger partial charge >= 0.3 is 6.18 Å². The van der Waals surface area contributed by atoms with Crippen molar-refractivity contribution in [2.75, 3.05) is 11.6 Å². The Morgan fingerprint density at radius 1 is 1.18 bits per heavy atom. The molecule has 0 atom stereocenters. The number of amides is 1. The molecular weight excluding hydrogens is 449 g/mol. The lowest BCUT2D eigenvalue weighted by molar-refractivity contribution is -0.141. The summed E-state index contributed by atoms with van der Waals surface area (Å²) in [7, 11) is 0. The normalized spacial score (nSPS) is 19.2. The van der Waals surface area contributed by atoms with Crippen LogP contribution in [0.1, 0.15) is 61.8 Å². The third-order valence-corrected chi connectivity index (χ3v) is 7.20. The first-order valence-electron chi connectivity index (χ1n) is 11.1. The van der Waals surface area contributed by atoms with Crippen molar-refractivity contribution in [1.29, 1.82) is 0 Å². The molecular formula is C24H27F3N4OS. The number of nitrogens with zero attached hydrogens (tertiary/aromatic N) is 3. The van der Waals surface area contributed by atoms with Crippen molar-refractivity contribution >= 4 is 34.3 Å². The lowest BCUT2D eigenvalue weighted by Crippen LogP contribution is -2.21. The fraction of sp³-hybridized carbons (Fsp3) is 0.458. The second-order valence-corrected chi connectivity index (χ2v) is 9.74. The van der Waals surface area contributed by atoms with Crippen molar-refractivity contribution in [1.82, 2.24) is 14.8 Å². The van der Waals surface area contributed by atoms with Gasteiger partial charge in [0.15, 0.2) is 0 Å². The number of halogens is 3. The number of benzene rings is 1. The number of hydrogen-bond donors (Lipinski definition) is 1. The average molecular weight is 477 g/mol. The molecule has 1 amide bonds. The van der Waals surface area contributed by atoms with Crippen molar-refractivity contribution in [3.63, 3.8) is 0 Å². The highest BCUT2D eigenvalue weighted by Crippen LogP contribution is 2.37. The summed E-state index contributed by atoms with van der Waals surface area (Å²) in [5, 5.41) is 8.39. The number of nitrogens with one attached hydrogen (secondary N) is 1. The largest absolute Gasteiger partial charge is 0.433 e. The molecule has 0 bridgehead atoms. The standard InChI is InChI=1S/C24H27F3N4OS/c1-14(2)15-7-9-17(10-8-15)31-13-16-11-20(21(33-3)12-19(16)30-31)29-23(32)18-5-4-6-22(28-18)24(25,26)27/h4-6,11-15,17H,7-10H2,1-3H3,(H,29,32)/t15-,17-. The van der Waals surface area contributed by atoms with E-state index >= 15 is 0 Å². The monoisotopic (exact) mass is 476 g/mol. The summed E-state index contributed by atoms with van der Waals surface area (Å²) >= 11 is 1.44. The van der Waals surface area contributed by atoms with E-state index in [1.807, 2.05) is 29.3 Å². The molecule has 0 aliphatic heterocycles. The summed E-state index contributed by atoms with van der Waals surface area (Å²) in [4.78, 5) is 16.9. The maximum absolute atomic E-state index is 13.0. The maximum Gasteiger partial charge on any atom is 0.433 e. The number of alkyl halides is 3. The van der Waals surface area contributed by atoms with E-state index in [9.17, 15) is 18.0 Å². The van der Waals surface area contributed by atoms with Gasteiger partial charge in [0.2, 0.25) is 0 Å². The molecule has 4 rings (SSSR count). The smallest absolute Gasteiger partial charge is 0.320 e. The Morgan fingerprint density at radius 3 is 2.55 bits per heavy atom. The Morgan fingerprint density at radius 2 is 1.91 bits per heavy atom. The Hall–Kier alpha value is -2.55. The molecule has 2 heterocycles. The molecule has 1 aliphatic carbocycles. The van der Waals surface area contributed by atoms with E-state index in [1.165, 1.54) is 36.7 Å². The minimum absolute atomic E-state index is 0.283. The minimum Gasteiger partial charge on any atom is -0.320 e. The van der Waals surface area contributed by atoms with Crippen LogP contribution < -0.4 is 5.32 Å². The Balaban J connectivity index is 1.56. The van der Waals surface area contributed by atoms with Crippen LogP contribution in [0, 0.1) is 11.8 Å². The molecule has 1 N–H and O–H groups in total. The zero-order chi connectivity index (χ0) is 23.8. The maximum atomic E-state index is 13.0. The van der Waals surface area contributed by atoms with Crippen LogP contribution in [0.5, 0.6) is 0 Å². The lowest BCUT2D eigenvalue weighted by Gasteiger charge is -2.30. The molecule has 176 valence electrons. The predicted octanol–water partition coefficient (Wildman–Crippen LogP) is 6.81. The fourth-order valence-corrected chi connectivity index (χ4v) is 5.02. The van der Waals surface area contributed by atoms with Gasteiger partial charge in [0.25, 0.3) is 5.91 Å². The Bertz CT molecular complexity index is 1150. The zero-order valence-corrected chi connectivity index (χ0v) is 19.6. The van der Waals surface area contributed by atoms with Crippen molar-refractivity contribution in [3.05, 3.63) is 47.9 Å². The van der Waals surface area contributed by atoms with Crippen LogP contribution in [0.25, 0.3) is 10.9 Å². The highest BCUT2D eigenvalue weighted by atomic mass is 32.2. The van der Waals surface area contributed by atoms with E-state index in [0.29, 0.717) is 17.6 Å². The molecule has 0 spiro atoms. The van der Waals surface area contributed by atoms with Crippen molar-refractivity contribution in [2.24, 2.45) is 11.8 Å². The van der Waals surface area contributed by atoms with Crippen LogP contribution in [-0.4, -0.2) is 26.9 Å². The quantitative estimate of drug-likeness (QED) is 0.411. The van der Waals surface area contributed by atoms with E-state index in [-0.39, 0.29) is 5.69 Å².